The third-order valence-electron chi connectivity index (χ3n) is 1.83. The smallest absolute Gasteiger partial charge is 0.161 e. The van der Waals surface area contributed by atoms with E-state index >= 15 is 0 Å². The van der Waals surface area contributed by atoms with Gasteiger partial charge in [0.2, 0.25) is 0 Å². The number of halogens is 2. The monoisotopic (exact) mass is 160 g/mol. The molecule has 1 aliphatic rings. The van der Waals surface area contributed by atoms with Crippen molar-refractivity contribution in [1.82, 2.24) is 0 Å². The van der Waals surface area contributed by atoms with E-state index in [1.54, 1.807) is 0 Å². The second-order valence-electron chi connectivity index (χ2n) is 2.52. The molecule has 1 nitrogen and oxygen atoms in total. The minimum Gasteiger partial charge on any atom is -0.362 e. The molecule has 1 rings (SSSR count). The van der Waals surface area contributed by atoms with Gasteiger partial charge in [-0.3, -0.25) is 0 Å². The fourth-order valence-corrected chi connectivity index (χ4v) is 0.953. The molecular weight excluding hydrogens is 150 g/mol. The fourth-order valence-electron chi connectivity index (χ4n) is 0.953. The van der Waals surface area contributed by atoms with Crippen molar-refractivity contribution in [3.05, 3.63) is 25.3 Å². The van der Waals surface area contributed by atoms with E-state index in [9.17, 15) is 8.78 Å². The van der Waals surface area contributed by atoms with Crippen molar-refractivity contribution in [2.45, 2.75) is 17.9 Å². The van der Waals surface area contributed by atoms with Crippen molar-refractivity contribution >= 4 is 0 Å². The van der Waals surface area contributed by atoms with Gasteiger partial charge in [-0.2, -0.15) is 0 Å². The Kier molecular flexibility index (Phi) is 2.09. The van der Waals surface area contributed by atoms with Crippen LogP contribution in [0.25, 0.3) is 0 Å². The predicted octanol–water partition coefficient (Wildman–Crippen LogP) is 1.80. The summed E-state index contributed by atoms with van der Waals surface area (Å²) < 4.78 is 30.5. The zero-order chi connectivity index (χ0) is 8.48. The molecule has 1 saturated heterocycles. The summed E-state index contributed by atoms with van der Waals surface area (Å²) in [5.41, 5.74) is -1.30. The van der Waals surface area contributed by atoms with E-state index in [1.165, 1.54) is 0 Å². The predicted molar refractivity (Wildman–Crippen MR) is 38.9 cm³/mol. The third-order valence-corrected chi connectivity index (χ3v) is 1.83. The van der Waals surface area contributed by atoms with E-state index in [-0.39, 0.29) is 6.61 Å². The van der Waals surface area contributed by atoms with Gasteiger partial charge in [-0.05, 0) is 0 Å². The number of ether oxygens (including phenoxy) is 1. The van der Waals surface area contributed by atoms with Crippen LogP contribution in [0, 0.1) is 0 Å². The average Bonchev–Trinajstić information content (AvgIpc) is 2.82. The highest BCUT2D eigenvalue weighted by atomic mass is 19.1. The van der Waals surface area contributed by atoms with Gasteiger partial charge in [-0.25, -0.2) is 8.78 Å². The minimum absolute atomic E-state index is 0.105. The molecule has 3 heteroatoms. The Morgan fingerprint density at radius 3 is 1.82 bits per heavy atom. The van der Waals surface area contributed by atoms with Crippen LogP contribution in [-0.4, -0.2) is 24.6 Å². The molecular formula is C8H10F2O. The fraction of sp³-hybridized carbons (Fsp3) is 0.500. The zero-order valence-corrected chi connectivity index (χ0v) is 6.09. The van der Waals surface area contributed by atoms with Gasteiger partial charge in [0.05, 0.1) is 6.61 Å². The Bertz CT molecular complexity index is 159. The van der Waals surface area contributed by atoms with Gasteiger partial charge < -0.3 is 4.74 Å². The first-order valence-corrected chi connectivity index (χ1v) is 3.34. The molecule has 0 saturated carbocycles. The van der Waals surface area contributed by atoms with Crippen molar-refractivity contribution in [3.8, 4) is 0 Å². The lowest BCUT2D eigenvalue weighted by atomic mass is 9.99. The van der Waals surface area contributed by atoms with E-state index in [0.717, 1.165) is 12.2 Å². The maximum Gasteiger partial charge on any atom is 0.161 e. The summed E-state index contributed by atoms with van der Waals surface area (Å²) in [5.74, 6) is 0. The van der Waals surface area contributed by atoms with Gasteiger partial charge in [0, 0.05) is 0 Å². The topological polar surface area (TPSA) is 12.5 Å². The van der Waals surface area contributed by atoms with Crippen molar-refractivity contribution in [2.24, 2.45) is 0 Å². The Morgan fingerprint density at radius 2 is 1.64 bits per heavy atom. The van der Waals surface area contributed by atoms with Crippen molar-refractivity contribution in [2.75, 3.05) is 6.61 Å². The van der Waals surface area contributed by atoms with Crippen LogP contribution in [0.2, 0.25) is 0 Å². The summed E-state index contributed by atoms with van der Waals surface area (Å²) in [4.78, 5) is 0. The Labute approximate surface area is 64.4 Å². The number of hydrogen-bond acceptors (Lipinski definition) is 1. The second-order valence-corrected chi connectivity index (χ2v) is 2.52. The van der Waals surface area contributed by atoms with E-state index in [4.69, 9.17) is 4.74 Å². The molecule has 0 aromatic heterocycles. The number of rotatable bonds is 4. The van der Waals surface area contributed by atoms with Crippen LogP contribution in [0.5, 0.6) is 0 Å². The highest BCUT2D eigenvalue weighted by Gasteiger charge is 2.57. The number of alkyl halides is 2. The Morgan fingerprint density at radius 1 is 1.27 bits per heavy atom. The van der Waals surface area contributed by atoms with Crippen LogP contribution < -0.4 is 0 Å². The lowest BCUT2D eigenvalue weighted by molar-refractivity contribution is 0.126. The van der Waals surface area contributed by atoms with Gasteiger partial charge in [0.1, 0.15) is 0 Å². The summed E-state index contributed by atoms with van der Waals surface area (Å²) in [7, 11) is 0. The maximum absolute atomic E-state index is 12.9. The molecule has 1 aliphatic heterocycles. The zero-order valence-electron chi connectivity index (χ0n) is 6.09. The molecule has 62 valence electrons. The standard InChI is InChI=1S/C8H10F2O/c1-3-6(9)8(5-11-8)7(10)4-2/h3-4,6-7H,1-2,5H2. The summed E-state index contributed by atoms with van der Waals surface area (Å²) in [5, 5.41) is 0. The van der Waals surface area contributed by atoms with Crippen LogP contribution in [0.1, 0.15) is 0 Å². The molecule has 0 bridgehead atoms. The molecule has 2 unspecified atom stereocenters. The quantitative estimate of drug-likeness (QED) is 0.451. The summed E-state index contributed by atoms with van der Waals surface area (Å²) >= 11 is 0. The highest BCUT2D eigenvalue weighted by molar-refractivity contribution is 5.14. The molecule has 1 heterocycles. The molecule has 11 heavy (non-hydrogen) atoms. The Hall–Kier alpha value is -0.700. The van der Waals surface area contributed by atoms with Gasteiger partial charge in [-0.15, -0.1) is 13.2 Å². The molecule has 1 fully saturated rings. The number of hydrogen-bond donors (Lipinski definition) is 0. The van der Waals surface area contributed by atoms with Crippen LogP contribution >= 0.6 is 0 Å². The van der Waals surface area contributed by atoms with Crippen molar-refractivity contribution in [3.63, 3.8) is 0 Å². The molecule has 0 aromatic carbocycles. The summed E-state index contributed by atoms with van der Waals surface area (Å²) in [6, 6.07) is 0. The first kappa shape index (κ1) is 8.40. The van der Waals surface area contributed by atoms with Crippen LogP contribution in [-0.2, 0) is 4.74 Å². The van der Waals surface area contributed by atoms with Crippen LogP contribution in [0.4, 0.5) is 8.78 Å². The lowest BCUT2D eigenvalue weighted by Crippen LogP contribution is -2.33. The molecule has 2 atom stereocenters. The molecule has 0 spiro atoms. The molecule has 0 amide bonds. The van der Waals surface area contributed by atoms with E-state index in [2.05, 4.69) is 13.2 Å². The molecule has 0 radical (unpaired) electrons. The van der Waals surface area contributed by atoms with E-state index < -0.39 is 17.9 Å². The van der Waals surface area contributed by atoms with Gasteiger partial charge in [0.15, 0.2) is 17.9 Å². The first-order valence-electron chi connectivity index (χ1n) is 3.34. The van der Waals surface area contributed by atoms with E-state index in [1.807, 2.05) is 0 Å². The van der Waals surface area contributed by atoms with Gasteiger partial charge in [0.25, 0.3) is 0 Å². The average molecular weight is 160 g/mol. The highest BCUT2D eigenvalue weighted by Crippen LogP contribution is 2.39. The lowest BCUT2D eigenvalue weighted by Gasteiger charge is -2.14. The van der Waals surface area contributed by atoms with Crippen molar-refractivity contribution in [1.29, 1.82) is 0 Å². The molecule has 0 aliphatic carbocycles. The van der Waals surface area contributed by atoms with Crippen molar-refractivity contribution < 1.29 is 13.5 Å². The summed E-state index contributed by atoms with van der Waals surface area (Å²) in [6.07, 6.45) is -0.808. The van der Waals surface area contributed by atoms with Crippen LogP contribution in [0.3, 0.4) is 0 Å². The summed E-state index contributed by atoms with van der Waals surface area (Å²) in [6.45, 7) is 6.56. The third kappa shape index (κ3) is 1.20. The van der Waals surface area contributed by atoms with E-state index in [0.29, 0.717) is 0 Å². The largest absolute Gasteiger partial charge is 0.362 e. The first-order chi connectivity index (χ1) is 5.17. The number of epoxide rings is 1. The maximum atomic E-state index is 12.9. The minimum atomic E-state index is -1.45. The van der Waals surface area contributed by atoms with Crippen LogP contribution in [0.15, 0.2) is 25.3 Å². The molecule has 0 aromatic rings. The second kappa shape index (κ2) is 2.74. The van der Waals surface area contributed by atoms with Gasteiger partial charge >= 0.3 is 0 Å². The SMILES string of the molecule is C=CC(F)C1(C(F)C=C)CO1. The Balaban J connectivity index is 2.66. The molecule has 0 N–H and O–H groups in total. The van der Waals surface area contributed by atoms with Gasteiger partial charge in [-0.1, -0.05) is 12.2 Å². The normalized spacial score (nSPS) is 34.0.